The zero-order chi connectivity index (χ0) is 14.2. The van der Waals surface area contributed by atoms with Crippen molar-refractivity contribution >= 4 is 15.9 Å². The first kappa shape index (κ1) is 14.1. The summed E-state index contributed by atoms with van der Waals surface area (Å²) in [5.41, 5.74) is 0.637. The summed E-state index contributed by atoms with van der Waals surface area (Å²) in [7, 11) is 3.28. The minimum absolute atomic E-state index is 0.0192. The molecular weight excluding hydrogens is 323 g/mol. The molecule has 19 heavy (non-hydrogen) atoms. The molecule has 1 heterocycles. The normalized spacial score (nSPS) is 12.7. The van der Waals surface area contributed by atoms with Crippen LogP contribution in [-0.2, 0) is 7.05 Å². The Morgan fingerprint density at radius 3 is 2.47 bits per heavy atom. The van der Waals surface area contributed by atoms with Crippen molar-refractivity contribution in [1.82, 2.24) is 15.1 Å². The van der Waals surface area contributed by atoms with Gasteiger partial charge in [0.1, 0.15) is 0 Å². The zero-order valence-corrected chi connectivity index (χ0v) is 11.8. The molecular formula is C12H11BrF3N3. The summed E-state index contributed by atoms with van der Waals surface area (Å²) < 4.78 is 42.3. The van der Waals surface area contributed by atoms with Gasteiger partial charge in [-0.05, 0) is 29.0 Å². The van der Waals surface area contributed by atoms with Gasteiger partial charge in [-0.15, -0.1) is 0 Å². The number of hydrogen-bond donors (Lipinski definition) is 1. The second kappa shape index (κ2) is 5.34. The van der Waals surface area contributed by atoms with E-state index in [1.165, 1.54) is 10.7 Å². The first-order valence-electron chi connectivity index (χ1n) is 5.45. The van der Waals surface area contributed by atoms with Crippen molar-refractivity contribution in [3.63, 3.8) is 0 Å². The van der Waals surface area contributed by atoms with Gasteiger partial charge in [-0.2, -0.15) is 5.10 Å². The molecule has 0 saturated carbocycles. The summed E-state index contributed by atoms with van der Waals surface area (Å²) in [6.07, 6.45) is 1.55. The molecule has 0 radical (unpaired) electrons. The van der Waals surface area contributed by atoms with Crippen LogP contribution in [0.1, 0.15) is 17.3 Å². The third-order valence-electron chi connectivity index (χ3n) is 2.88. The minimum Gasteiger partial charge on any atom is -0.308 e. The summed E-state index contributed by atoms with van der Waals surface area (Å²) in [6, 6.07) is 1.48. The Labute approximate surface area is 116 Å². The standard InChI is InChI=1S/C12H11BrF3N3/c1-17-11(12-7(13)5-18-19(12)2)6-3-4-8(14)10(16)9(6)15/h3-5,11,17H,1-2H3. The largest absolute Gasteiger partial charge is 0.308 e. The molecule has 0 saturated heterocycles. The van der Waals surface area contributed by atoms with Gasteiger partial charge in [-0.3, -0.25) is 4.68 Å². The summed E-state index contributed by atoms with van der Waals surface area (Å²) in [5, 5.41) is 6.89. The molecule has 102 valence electrons. The van der Waals surface area contributed by atoms with Gasteiger partial charge in [0.2, 0.25) is 0 Å². The van der Waals surface area contributed by atoms with Gasteiger partial charge in [0.05, 0.1) is 22.4 Å². The Morgan fingerprint density at radius 2 is 1.95 bits per heavy atom. The average Bonchev–Trinajstić information content (AvgIpc) is 2.71. The summed E-state index contributed by atoms with van der Waals surface area (Å²) in [5.74, 6) is -3.89. The van der Waals surface area contributed by atoms with Crippen molar-refractivity contribution in [3.05, 3.63) is 51.5 Å². The molecule has 3 nitrogen and oxygen atoms in total. The fourth-order valence-electron chi connectivity index (χ4n) is 1.95. The van der Waals surface area contributed by atoms with Crippen molar-refractivity contribution in [2.75, 3.05) is 7.05 Å². The van der Waals surface area contributed by atoms with Crippen LogP contribution in [0.3, 0.4) is 0 Å². The van der Waals surface area contributed by atoms with Crippen LogP contribution in [-0.4, -0.2) is 16.8 Å². The molecule has 1 aromatic carbocycles. The van der Waals surface area contributed by atoms with Crippen LogP contribution in [0, 0.1) is 17.5 Å². The lowest BCUT2D eigenvalue weighted by Gasteiger charge is -2.18. The van der Waals surface area contributed by atoms with E-state index in [2.05, 4.69) is 26.3 Å². The number of rotatable bonds is 3. The van der Waals surface area contributed by atoms with E-state index in [9.17, 15) is 13.2 Å². The van der Waals surface area contributed by atoms with Gasteiger partial charge in [-0.1, -0.05) is 6.07 Å². The van der Waals surface area contributed by atoms with Crippen LogP contribution < -0.4 is 5.32 Å². The molecule has 0 fully saturated rings. The van der Waals surface area contributed by atoms with Crippen molar-refractivity contribution in [2.24, 2.45) is 7.05 Å². The minimum atomic E-state index is -1.48. The molecule has 1 atom stereocenters. The maximum atomic E-state index is 13.9. The molecule has 0 amide bonds. The van der Waals surface area contributed by atoms with E-state index < -0.39 is 23.5 Å². The predicted molar refractivity (Wildman–Crippen MR) is 68.1 cm³/mol. The molecule has 0 aliphatic carbocycles. The number of hydrogen-bond acceptors (Lipinski definition) is 2. The van der Waals surface area contributed by atoms with E-state index in [0.717, 1.165) is 6.07 Å². The van der Waals surface area contributed by atoms with Crippen molar-refractivity contribution < 1.29 is 13.2 Å². The van der Waals surface area contributed by atoms with E-state index in [0.29, 0.717) is 10.2 Å². The van der Waals surface area contributed by atoms with Crippen LogP contribution in [0.5, 0.6) is 0 Å². The Bertz CT molecular complexity index is 593. The quantitative estimate of drug-likeness (QED) is 0.875. The number of aryl methyl sites for hydroxylation is 1. The third kappa shape index (κ3) is 2.40. The van der Waals surface area contributed by atoms with E-state index in [1.807, 2.05) is 0 Å². The Kier molecular flexibility index (Phi) is 3.96. The van der Waals surface area contributed by atoms with Crippen molar-refractivity contribution in [3.8, 4) is 0 Å². The number of nitrogens with one attached hydrogen (secondary N) is 1. The van der Waals surface area contributed by atoms with E-state index in [1.54, 1.807) is 20.3 Å². The molecule has 2 aromatic rings. The number of halogens is 4. The SMILES string of the molecule is CNC(c1ccc(F)c(F)c1F)c1c(Br)cnn1C. The number of aromatic nitrogens is 2. The van der Waals surface area contributed by atoms with Crippen LogP contribution in [0.4, 0.5) is 13.2 Å². The molecule has 0 aliphatic rings. The predicted octanol–water partition coefficient (Wildman–Crippen LogP) is 2.91. The van der Waals surface area contributed by atoms with Crippen LogP contribution >= 0.6 is 15.9 Å². The maximum absolute atomic E-state index is 13.9. The van der Waals surface area contributed by atoms with Gasteiger partial charge in [0.15, 0.2) is 17.5 Å². The highest BCUT2D eigenvalue weighted by atomic mass is 79.9. The fourth-order valence-corrected chi connectivity index (χ4v) is 2.53. The lowest BCUT2D eigenvalue weighted by Crippen LogP contribution is -2.22. The summed E-state index contributed by atoms with van der Waals surface area (Å²) >= 11 is 3.30. The molecule has 1 unspecified atom stereocenters. The molecule has 1 N–H and O–H groups in total. The molecule has 0 bridgehead atoms. The molecule has 2 rings (SSSR count). The van der Waals surface area contributed by atoms with Gasteiger partial charge in [0, 0.05) is 12.6 Å². The molecule has 0 aliphatic heterocycles. The Hall–Kier alpha value is -1.34. The first-order valence-corrected chi connectivity index (χ1v) is 6.24. The highest BCUT2D eigenvalue weighted by Gasteiger charge is 2.25. The van der Waals surface area contributed by atoms with Crippen LogP contribution in [0.25, 0.3) is 0 Å². The molecule has 0 spiro atoms. The highest BCUT2D eigenvalue weighted by Crippen LogP contribution is 2.30. The lowest BCUT2D eigenvalue weighted by atomic mass is 10.0. The zero-order valence-electron chi connectivity index (χ0n) is 10.2. The molecule has 1 aromatic heterocycles. The van der Waals surface area contributed by atoms with Crippen molar-refractivity contribution in [1.29, 1.82) is 0 Å². The Balaban J connectivity index is 2.58. The second-order valence-electron chi connectivity index (χ2n) is 3.99. The lowest BCUT2D eigenvalue weighted by molar-refractivity contribution is 0.432. The van der Waals surface area contributed by atoms with Gasteiger partial charge in [0.25, 0.3) is 0 Å². The van der Waals surface area contributed by atoms with Crippen LogP contribution in [0.15, 0.2) is 22.8 Å². The fraction of sp³-hybridized carbons (Fsp3) is 0.250. The first-order chi connectivity index (χ1) is 8.97. The Morgan fingerprint density at radius 1 is 1.26 bits per heavy atom. The number of nitrogens with zero attached hydrogens (tertiary/aromatic N) is 2. The smallest absolute Gasteiger partial charge is 0.194 e. The maximum Gasteiger partial charge on any atom is 0.194 e. The van der Waals surface area contributed by atoms with Gasteiger partial charge < -0.3 is 5.32 Å². The third-order valence-corrected chi connectivity index (χ3v) is 3.49. The van der Waals surface area contributed by atoms with E-state index in [4.69, 9.17) is 0 Å². The highest BCUT2D eigenvalue weighted by molar-refractivity contribution is 9.10. The average molecular weight is 334 g/mol. The monoisotopic (exact) mass is 333 g/mol. The summed E-state index contributed by atoms with van der Waals surface area (Å²) in [4.78, 5) is 0. The van der Waals surface area contributed by atoms with E-state index >= 15 is 0 Å². The van der Waals surface area contributed by atoms with Crippen LogP contribution in [0.2, 0.25) is 0 Å². The topological polar surface area (TPSA) is 29.9 Å². The number of benzene rings is 1. The second-order valence-corrected chi connectivity index (χ2v) is 4.84. The van der Waals surface area contributed by atoms with Gasteiger partial charge >= 0.3 is 0 Å². The van der Waals surface area contributed by atoms with Crippen molar-refractivity contribution in [2.45, 2.75) is 6.04 Å². The molecule has 7 heteroatoms. The van der Waals surface area contributed by atoms with E-state index in [-0.39, 0.29) is 5.56 Å². The van der Waals surface area contributed by atoms with Gasteiger partial charge in [-0.25, -0.2) is 13.2 Å². The summed E-state index contributed by atoms with van der Waals surface area (Å²) in [6.45, 7) is 0.